The SMILES string of the molecule is COc1cccc(C2=NC(c3ccc(F)cc3)NC(c3cc(Br)ccc3O)C2)c1. The molecule has 0 fully saturated rings. The molecule has 0 aliphatic carbocycles. The van der Waals surface area contributed by atoms with Gasteiger partial charge >= 0.3 is 0 Å². The summed E-state index contributed by atoms with van der Waals surface area (Å²) in [6.45, 7) is 0. The van der Waals surface area contributed by atoms with Crippen molar-refractivity contribution in [3.05, 3.63) is 93.7 Å². The first-order valence-corrected chi connectivity index (χ1v) is 10.0. The fourth-order valence-corrected chi connectivity index (χ4v) is 3.88. The Hall–Kier alpha value is -2.70. The fraction of sp³-hybridized carbons (Fsp3) is 0.174. The summed E-state index contributed by atoms with van der Waals surface area (Å²) in [7, 11) is 1.63. The first-order chi connectivity index (χ1) is 14.0. The molecule has 2 N–H and O–H groups in total. The lowest BCUT2D eigenvalue weighted by atomic mass is 9.93. The van der Waals surface area contributed by atoms with Gasteiger partial charge in [-0.15, -0.1) is 0 Å². The molecule has 1 heterocycles. The predicted molar refractivity (Wildman–Crippen MR) is 115 cm³/mol. The average Bonchev–Trinajstić information content (AvgIpc) is 2.75. The molecule has 2 atom stereocenters. The Balaban J connectivity index is 1.77. The minimum Gasteiger partial charge on any atom is -0.508 e. The van der Waals surface area contributed by atoms with Gasteiger partial charge in [-0.2, -0.15) is 0 Å². The molecule has 29 heavy (non-hydrogen) atoms. The first kappa shape index (κ1) is 19.6. The van der Waals surface area contributed by atoms with Crippen LogP contribution >= 0.6 is 15.9 Å². The Morgan fingerprint density at radius 2 is 1.90 bits per heavy atom. The maximum atomic E-state index is 13.4. The van der Waals surface area contributed by atoms with Gasteiger partial charge in [0.05, 0.1) is 7.11 Å². The Bertz CT molecular complexity index is 1050. The zero-order chi connectivity index (χ0) is 20.4. The normalized spacial score (nSPS) is 18.9. The molecule has 1 aliphatic rings. The lowest BCUT2D eigenvalue weighted by molar-refractivity contribution is 0.410. The van der Waals surface area contributed by atoms with Gasteiger partial charge in [0.25, 0.3) is 0 Å². The van der Waals surface area contributed by atoms with Crippen molar-refractivity contribution in [3.63, 3.8) is 0 Å². The van der Waals surface area contributed by atoms with Gasteiger partial charge in [-0.05, 0) is 53.6 Å². The molecule has 0 bridgehead atoms. The molecule has 0 radical (unpaired) electrons. The Labute approximate surface area is 177 Å². The van der Waals surface area contributed by atoms with E-state index in [0.717, 1.165) is 32.6 Å². The highest BCUT2D eigenvalue weighted by molar-refractivity contribution is 9.10. The van der Waals surface area contributed by atoms with E-state index in [1.54, 1.807) is 31.4 Å². The van der Waals surface area contributed by atoms with E-state index in [1.165, 1.54) is 12.1 Å². The van der Waals surface area contributed by atoms with Gasteiger partial charge in [-0.1, -0.05) is 40.2 Å². The van der Waals surface area contributed by atoms with Crippen LogP contribution in [-0.2, 0) is 0 Å². The molecule has 2 unspecified atom stereocenters. The van der Waals surface area contributed by atoms with Gasteiger partial charge < -0.3 is 9.84 Å². The summed E-state index contributed by atoms with van der Waals surface area (Å²) >= 11 is 3.48. The summed E-state index contributed by atoms with van der Waals surface area (Å²) in [4.78, 5) is 4.89. The molecule has 0 saturated heterocycles. The molecule has 3 aromatic carbocycles. The highest BCUT2D eigenvalue weighted by Crippen LogP contribution is 2.36. The van der Waals surface area contributed by atoms with Crippen LogP contribution in [0, 0.1) is 5.82 Å². The number of nitrogens with one attached hydrogen (secondary N) is 1. The van der Waals surface area contributed by atoms with Crippen molar-refractivity contribution in [2.75, 3.05) is 7.11 Å². The highest BCUT2D eigenvalue weighted by atomic mass is 79.9. The molecule has 0 saturated carbocycles. The molecule has 4 nitrogen and oxygen atoms in total. The molecule has 6 heteroatoms. The van der Waals surface area contributed by atoms with Crippen molar-refractivity contribution in [3.8, 4) is 11.5 Å². The number of methoxy groups -OCH3 is 1. The zero-order valence-electron chi connectivity index (χ0n) is 15.8. The molecule has 0 spiro atoms. The third-order valence-electron chi connectivity index (χ3n) is 5.00. The molecule has 0 amide bonds. The number of rotatable bonds is 4. The lowest BCUT2D eigenvalue weighted by Crippen LogP contribution is -2.33. The van der Waals surface area contributed by atoms with Gasteiger partial charge in [0, 0.05) is 28.2 Å². The maximum Gasteiger partial charge on any atom is 0.126 e. The molecule has 0 aromatic heterocycles. The largest absolute Gasteiger partial charge is 0.508 e. The fourth-order valence-electron chi connectivity index (χ4n) is 3.50. The second kappa shape index (κ2) is 8.35. The number of halogens is 2. The average molecular weight is 455 g/mol. The molecular weight excluding hydrogens is 435 g/mol. The van der Waals surface area contributed by atoms with Gasteiger partial charge in [0.2, 0.25) is 0 Å². The van der Waals surface area contributed by atoms with Crippen molar-refractivity contribution in [2.45, 2.75) is 18.6 Å². The monoisotopic (exact) mass is 454 g/mol. The number of ether oxygens (including phenoxy) is 1. The number of hydrogen-bond donors (Lipinski definition) is 2. The van der Waals surface area contributed by atoms with Crippen LogP contribution in [0.1, 0.15) is 35.3 Å². The number of hydrogen-bond acceptors (Lipinski definition) is 4. The Morgan fingerprint density at radius 1 is 1.10 bits per heavy atom. The molecule has 148 valence electrons. The molecule has 4 rings (SSSR count). The van der Waals surface area contributed by atoms with Crippen molar-refractivity contribution < 1.29 is 14.2 Å². The predicted octanol–water partition coefficient (Wildman–Crippen LogP) is 5.52. The van der Waals surface area contributed by atoms with Gasteiger partial charge in [0.15, 0.2) is 0 Å². The Morgan fingerprint density at radius 3 is 2.66 bits per heavy atom. The van der Waals surface area contributed by atoms with Crippen LogP contribution in [0.3, 0.4) is 0 Å². The zero-order valence-corrected chi connectivity index (χ0v) is 17.4. The lowest BCUT2D eigenvalue weighted by Gasteiger charge is -2.31. The van der Waals surface area contributed by atoms with Crippen molar-refractivity contribution in [1.82, 2.24) is 5.32 Å². The summed E-state index contributed by atoms with van der Waals surface area (Å²) in [5.74, 6) is 0.683. The number of phenolic OH excluding ortho intramolecular Hbond substituents is 1. The summed E-state index contributed by atoms with van der Waals surface area (Å²) < 4.78 is 19.7. The van der Waals surface area contributed by atoms with E-state index >= 15 is 0 Å². The van der Waals surface area contributed by atoms with E-state index in [4.69, 9.17) is 9.73 Å². The number of aliphatic imine (C=N–C) groups is 1. The van der Waals surface area contributed by atoms with Crippen LogP contribution in [0.25, 0.3) is 0 Å². The number of aromatic hydroxyl groups is 1. The van der Waals surface area contributed by atoms with E-state index < -0.39 is 0 Å². The van der Waals surface area contributed by atoms with Crippen LogP contribution in [0.5, 0.6) is 11.5 Å². The Kier molecular flexibility index (Phi) is 5.65. The van der Waals surface area contributed by atoms with Crippen molar-refractivity contribution in [2.24, 2.45) is 4.99 Å². The van der Waals surface area contributed by atoms with Crippen LogP contribution in [0.4, 0.5) is 4.39 Å². The second-order valence-electron chi connectivity index (χ2n) is 6.89. The topological polar surface area (TPSA) is 53.8 Å². The number of phenols is 1. The summed E-state index contributed by atoms with van der Waals surface area (Å²) in [5.41, 5.74) is 3.48. The third-order valence-corrected chi connectivity index (χ3v) is 5.49. The number of benzene rings is 3. The van der Waals surface area contributed by atoms with Crippen LogP contribution < -0.4 is 10.1 Å². The minimum absolute atomic E-state index is 0.166. The first-order valence-electron chi connectivity index (χ1n) is 9.24. The van der Waals surface area contributed by atoms with Gasteiger partial charge in [0.1, 0.15) is 23.5 Å². The van der Waals surface area contributed by atoms with Crippen molar-refractivity contribution >= 4 is 21.6 Å². The van der Waals surface area contributed by atoms with E-state index in [0.29, 0.717) is 6.42 Å². The smallest absolute Gasteiger partial charge is 0.126 e. The van der Waals surface area contributed by atoms with E-state index in [-0.39, 0.29) is 23.8 Å². The highest BCUT2D eigenvalue weighted by Gasteiger charge is 2.28. The van der Waals surface area contributed by atoms with E-state index in [1.807, 2.05) is 30.3 Å². The number of nitrogens with zero attached hydrogens (tertiary/aromatic N) is 1. The van der Waals surface area contributed by atoms with Gasteiger partial charge in [-0.25, -0.2) is 4.39 Å². The summed E-state index contributed by atoms with van der Waals surface area (Å²) in [6, 6.07) is 19.3. The summed E-state index contributed by atoms with van der Waals surface area (Å²) in [5, 5.41) is 13.9. The van der Waals surface area contributed by atoms with Crippen LogP contribution in [-0.4, -0.2) is 17.9 Å². The molecule has 1 aliphatic heterocycles. The minimum atomic E-state index is -0.367. The molecule has 3 aromatic rings. The van der Waals surface area contributed by atoms with Crippen LogP contribution in [0.2, 0.25) is 0 Å². The standard InChI is InChI=1S/C23H20BrFN2O2/c1-29-18-4-2-3-15(11-18)20-13-21(19-12-16(24)7-10-22(19)28)27-23(26-20)14-5-8-17(25)9-6-14/h2-12,21,23,27-28H,13H2,1H3. The van der Waals surface area contributed by atoms with E-state index in [9.17, 15) is 9.50 Å². The summed E-state index contributed by atoms with van der Waals surface area (Å²) in [6.07, 6.45) is 0.225. The third kappa shape index (κ3) is 4.33. The maximum absolute atomic E-state index is 13.4. The van der Waals surface area contributed by atoms with E-state index in [2.05, 4.69) is 21.2 Å². The molecular formula is C23H20BrFN2O2. The van der Waals surface area contributed by atoms with Crippen LogP contribution in [0.15, 0.2) is 76.2 Å². The second-order valence-corrected chi connectivity index (χ2v) is 7.80. The van der Waals surface area contributed by atoms with Crippen molar-refractivity contribution in [1.29, 1.82) is 0 Å². The quantitative estimate of drug-likeness (QED) is 0.545. The van der Waals surface area contributed by atoms with Gasteiger partial charge in [-0.3, -0.25) is 10.3 Å².